The van der Waals surface area contributed by atoms with Crippen molar-refractivity contribution in [2.24, 2.45) is 0 Å². The second kappa shape index (κ2) is 10.9. The summed E-state index contributed by atoms with van der Waals surface area (Å²) >= 11 is 0. The Balaban J connectivity index is 1.97. The number of rotatable bonds is 10. The lowest BCUT2D eigenvalue weighted by Gasteiger charge is -2.36. The number of aromatic carboxylic acids is 1. The first-order valence-electron chi connectivity index (χ1n) is 9.09. The number of hydrogen-bond donors (Lipinski definition) is 3. The van der Waals surface area contributed by atoms with Crippen molar-refractivity contribution in [1.82, 2.24) is 5.32 Å². The van der Waals surface area contributed by atoms with Gasteiger partial charge in [0.05, 0.1) is 18.3 Å². The van der Waals surface area contributed by atoms with Gasteiger partial charge < -0.3 is 29.5 Å². The molecule has 1 fully saturated rings. The van der Waals surface area contributed by atoms with Crippen LogP contribution in [-0.2, 0) is 25.2 Å². The van der Waals surface area contributed by atoms with Crippen LogP contribution in [0, 0.1) is 0 Å². The highest BCUT2D eigenvalue weighted by molar-refractivity contribution is 7.39. The number of carboxylic acids is 1. The van der Waals surface area contributed by atoms with Crippen LogP contribution in [0.15, 0.2) is 24.3 Å². The van der Waals surface area contributed by atoms with E-state index in [1.54, 1.807) is 32.0 Å². The Hall–Kier alpha value is -1.28. The monoisotopic (exact) mass is 401 g/mol. The molecule has 0 aromatic heterocycles. The second-order valence-corrected chi connectivity index (χ2v) is 7.67. The molecule has 1 heterocycles. The Morgan fingerprint density at radius 2 is 2.07 bits per heavy atom. The average Bonchev–Trinajstić information content (AvgIpc) is 2.63. The van der Waals surface area contributed by atoms with Crippen molar-refractivity contribution < 1.29 is 33.6 Å². The van der Waals surface area contributed by atoms with Crippen LogP contribution in [0.5, 0.6) is 0 Å². The Kier molecular flexibility index (Phi) is 8.89. The number of nitrogens with one attached hydrogen (secondary N) is 1. The van der Waals surface area contributed by atoms with E-state index in [0.717, 1.165) is 5.56 Å². The van der Waals surface area contributed by atoms with Crippen molar-refractivity contribution >= 4 is 14.0 Å². The lowest BCUT2D eigenvalue weighted by molar-refractivity contribution is -0.158. The van der Waals surface area contributed by atoms with E-state index in [0.29, 0.717) is 32.8 Å². The topological polar surface area (TPSA) is 114 Å². The molecule has 0 amide bonds. The molecule has 0 spiro atoms. The van der Waals surface area contributed by atoms with Gasteiger partial charge in [0.15, 0.2) is 14.3 Å². The van der Waals surface area contributed by atoms with E-state index in [1.165, 1.54) is 0 Å². The van der Waals surface area contributed by atoms with Crippen LogP contribution in [-0.4, -0.2) is 66.4 Å². The van der Waals surface area contributed by atoms with Gasteiger partial charge in [-0.25, -0.2) is 4.79 Å². The molecule has 2 unspecified atom stereocenters. The summed E-state index contributed by atoms with van der Waals surface area (Å²) < 4.78 is 28.8. The van der Waals surface area contributed by atoms with E-state index < -0.39 is 32.1 Å². The lowest BCUT2D eigenvalue weighted by atomic mass is 10.0. The Morgan fingerprint density at radius 3 is 2.59 bits per heavy atom. The number of ether oxygens (including phenoxy) is 3. The summed E-state index contributed by atoms with van der Waals surface area (Å²) in [6.07, 6.45) is -0.675. The Labute approximate surface area is 159 Å². The summed E-state index contributed by atoms with van der Waals surface area (Å²) in [5, 5.41) is 12.4. The van der Waals surface area contributed by atoms with Gasteiger partial charge in [-0.3, -0.25) is 4.57 Å². The summed E-state index contributed by atoms with van der Waals surface area (Å²) in [6, 6.07) is 6.78. The minimum Gasteiger partial charge on any atom is -0.478 e. The molecular formula is C18H28NO7P. The van der Waals surface area contributed by atoms with E-state index in [1.807, 2.05) is 6.07 Å². The molecule has 152 valence electrons. The zero-order valence-corrected chi connectivity index (χ0v) is 16.6. The van der Waals surface area contributed by atoms with E-state index in [4.69, 9.17) is 19.3 Å². The zero-order chi connectivity index (χ0) is 19.8. The van der Waals surface area contributed by atoms with Gasteiger partial charge in [-0.2, -0.15) is 0 Å². The third-order valence-electron chi connectivity index (χ3n) is 4.42. The molecular weight excluding hydrogens is 373 g/mol. The summed E-state index contributed by atoms with van der Waals surface area (Å²) in [5.74, 6) is -0.960. The molecule has 3 N–H and O–H groups in total. The number of hydrogen-bond acceptors (Lipinski definition) is 6. The first kappa shape index (κ1) is 22.0. The van der Waals surface area contributed by atoms with Gasteiger partial charge in [0.1, 0.15) is 5.66 Å². The largest absolute Gasteiger partial charge is 0.478 e. The molecule has 4 atom stereocenters. The SMILES string of the molecule is CCOC(OCC)C([C@@H]1CN[C@H](Cc2cccc(C(=O)O)c2)CO1)[PH](=O)O. The summed E-state index contributed by atoms with van der Waals surface area (Å²) in [7, 11) is -2.94. The van der Waals surface area contributed by atoms with Gasteiger partial charge in [-0.15, -0.1) is 0 Å². The van der Waals surface area contributed by atoms with Gasteiger partial charge in [0, 0.05) is 25.8 Å². The van der Waals surface area contributed by atoms with Crippen molar-refractivity contribution in [3.8, 4) is 0 Å². The highest BCUT2D eigenvalue weighted by atomic mass is 31.1. The maximum absolute atomic E-state index is 11.9. The molecule has 1 aromatic rings. The fraction of sp³-hybridized carbons (Fsp3) is 0.611. The molecule has 1 saturated heterocycles. The predicted octanol–water partition coefficient (Wildman–Crippen LogP) is 1.52. The highest BCUT2D eigenvalue weighted by Crippen LogP contribution is 2.33. The first-order valence-corrected chi connectivity index (χ1v) is 10.5. The lowest BCUT2D eigenvalue weighted by Crippen LogP contribution is -2.53. The van der Waals surface area contributed by atoms with Gasteiger partial charge in [0.25, 0.3) is 0 Å². The van der Waals surface area contributed by atoms with Crippen LogP contribution in [0.25, 0.3) is 0 Å². The molecule has 0 radical (unpaired) electrons. The standard InChI is InChI=1S/C18H28NO7P/c1-3-24-18(25-4-2)16(27(22)23)15-10-19-14(11-26-15)9-12-6-5-7-13(8-12)17(20)21/h5-8,14-16,18-19,27H,3-4,9-11H2,1-2H3,(H,20,21)(H,22,23)/t14-,15+,16?/m1/s1. The van der Waals surface area contributed by atoms with Crippen molar-refractivity contribution in [3.63, 3.8) is 0 Å². The smallest absolute Gasteiger partial charge is 0.335 e. The quantitative estimate of drug-likeness (QED) is 0.399. The molecule has 0 aliphatic carbocycles. The van der Waals surface area contributed by atoms with Gasteiger partial charge in [-0.05, 0) is 38.0 Å². The van der Waals surface area contributed by atoms with Gasteiger partial charge in [-0.1, -0.05) is 12.1 Å². The Morgan fingerprint density at radius 1 is 1.37 bits per heavy atom. The molecule has 9 heteroatoms. The first-order chi connectivity index (χ1) is 13.0. The third-order valence-corrected chi connectivity index (χ3v) is 5.63. The molecule has 0 saturated carbocycles. The van der Waals surface area contributed by atoms with Crippen molar-refractivity contribution in [1.29, 1.82) is 0 Å². The van der Waals surface area contributed by atoms with Crippen molar-refractivity contribution in [3.05, 3.63) is 35.4 Å². The number of carboxylic acid groups (broad SMARTS) is 1. The van der Waals surface area contributed by atoms with E-state index >= 15 is 0 Å². The van der Waals surface area contributed by atoms with Gasteiger partial charge in [0.2, 0.25) is 0 Å². The molecule has 0 bridgehead atoms. The van der Waals surface area contributed by atoms with Crippen LogP contribution in [0.3, 0.4) is 0 Å². The maximum atomic E-state index is 11.9. The molecule has 27 heavy (non-hydrogen) atoms. The van der Waals surface area contributed by atoms with Crippen LogP contribution in [0.4, 0.5) is 0 Å². The van der Waals surface area contributed by atoms with Gasteiger partial charge >= 0.3 is 5.97 Å². The van der Waals surface area contributed by atoms with E-state index in [-0.39, 0.29) is 11.6 Å². The zero-order valence-electron chi connectivity index (χ0n) is 15.6. The average molecular weight is 401 g/mol. The number of carbonyl (C=O) groups is 1. The molecule has 2 rings (SSSR count). The van der Waals surface area contributed by atoms with Crippen LogP contribution in [0.1, 0.15) is 29.8 Å². The highest BCUT2D eigenvalue weighted by Gasteiger charge is 2.38. The predicted molar refractivity (Wildman–Crippen MR) is 101 cm³/mol. The normalized spacial score (nSPS) is 22.5. The number of benzene rings is 1. The molecule has 8 nitrogen and oxygen atoms in total. The van der Waals surface area contributed by atoms with Crippen LogP contribution < -0.4 is 5.32 Å². The maximum Gasteiger partial charge on any atom is 0.335 e. The van der Waals surface area contributed by atoms with E-state index in [2.05, 4.69) is 5.32 Å². The molecule has 1 aromatic carbocycles. The summed E-state index contributed by atoms with van der Waals surface area (Å²) in [4.78, 5) is 20.9. The van der Waals surface area contributed by atoms with Crippen molar-refractivity contribution in [2.45, 2.75) is 44.4 Å². The fourth-order valence-electron chi connectivity index (χ4n) is 3.15. The van der Waals surface area contributed by atoms with Crippen LogP contribution in [0.2, 0.25) is 0 Å². The molecule has 1 aliphatic rings. The van der Waals surface area contributed by atoms with Crippen LogP contribution >= 0.6 is 8.03 Å². The minimum absolute atomic E-state index is 0.00963. The fourth-order valence-corrected chi connectivity index (χ4v) is 4.11. The number of morpholine rings is 1. The van der Waals surface area contributed by atoms with E-state index in [9.17, 15) is 14.3 Å². The summed E-state index contributed by atoms with van der Waals surface area (Å²) in [6.45, 7) is 5.09. The molecule has 1 aliphatic heterocycles. The second-order valence-electron chi connectivity index (χ2n) is 6.33. The minimum atomic E-state index is -2.94. The summed E-state index contributed by atoms with van der Waals surface area (Å²) in [5.41, 5.74) is 0.388. The van der Waals surface area contributed by atoms with Crippen molar-refractivity contribution in [2.75, 3.05) is 26.4 Å². The Bertz CT molecular complexity index is 628. The third kappa shape index (κ3) is 6.38.